The Bertz CT molecular complexity index is 771. The van der Waals surface area contributed by atoms with Crippen LogP contribution >= 0.6 is 0 Å². The van der Waals surface area contributed by atoms with Crippen molar-refractivity contribution in [2.24, 2.45) is 5.92 Å². The molecule has 1 aromatic heterocycles. The average Bonchev–Trinajstić information content (AvgIpc) is 3.38. The number of fused-ring (bicyclic) bond motifs is 1. The summed E-state index contributed by atoms with van der Waals surface area (Å²) in [6, 6.07) is 8.44. The predicted octanol–water partition coefficient (Wildman–Crippen LogP) is 3.07. The average molecular weight is 326 g/mol. The van der Waals surface area contributed by atoms with E-state index in [-0.39, 0.29) is 5.63 Å². The van der Waals surface area contributed by atoms with Gasteiger partial charge in [0.05, 0.1) is 0 Å². The molecule has 1 N–H and O–H groups in total. The third-order valence-corrected chi connectivity index (χ3v) is 5.36. The zero-order valence-corrected chi connectivity index (χ0v) is 14.4. The molecule has 0 atom stereocenters. The lowest BCUT2D eigenvalue weighted by Crippen LogP contribution is -2.42. The number of likely N-dealkylation sites (tertiary alicyclic amines) is 1. The molecule has 1 aromatic carbocycles. The molecule has 1 saturated heterocycles. The Hall–Kier alpha value is -1.65. The van der Waals surface area contributed by atoms with E-state index in [1.807, 2.05) is 13.0 Å². The molecule has 128 valence electrons. The van der Waals surface area contributed by atoms with Crippen LogP contribution in [0, 0.1) is 12.8 Å². The summed E-state index contributed by atoms with van der Waals surface area (Å²) in [7, 11) is 0. The fraction of sp³-hybridized carbons (Fsp3) is 0.550. The van der Waals surface area contributed by atoms with Gasteiger partial charge in [-0.05, 0) is 75.4 Å². The molecule has 24 heavy (non-hydrogen) atoms. The molecule has 4 heteroatoms. The van der Waals surface area contributed by atoms with Crippen molar-refractivity contribution in [1.82, 2.24) is 10.2 Å². The largest absolute Gasteiger partial charge is 0.423 e. The Morgan fingerprint density at radius 2 is 1.96 bits per heavy atom. The monoisotopic (exact) mass is 326 g/mol. The molecule has 2 aliphatic rings. The number of hydrogen-bond acceptors (Lipinski definition) is 4. The minimum atomic E-state index is -0.246. The van der Waals surface area contributed by atoms with Gasteiger partial charge in [0.1, 0.15) is 5.58 Å². The Kier molecular flexibility index (Phi) is 4.42. The van der Waals surface area contributed by atoms with Gasteiger partial charge in [0, 0.05) is 24.0 Å². The SMILES string of the molecule is Cc1ccc2c(CN3CCC(NCC4CC4)CC3)cc(=O)oc2c1. The second-order valence-corrected chi connectivity index (χ2v) is 7.49. The third-order valence-electron chi connectivity index (χ3n) is 5.36. The lowest BCUT2D eigenvalue weighted by atomic mass is 10.0. The minimum Gasteiger partial charge on any atom is -0.423 e. The molecule has 4 nitrogen and oxygen atoms in total. The molecule has 0 amide bonds. The van der Waals surface area contributed by atoms with Crippen LogP contribution in [0.15, 0.2) is 33.5 Å². The van der Waals surface area contributed by atoms with Crippen molar-refractivity contribution in [2.45, 2.75) is 45.2 Å². The van der Waals surface area contributed by atoms with Gasteiger partial charge in [0.25, 0.3) is 0 Å². The number of nitrogens with one attached hydrogen (secondary N) is 1. The first-order valence-electron chi connectivity index (χ1n) is 9.16. The van der Waals surface area contributed by atoms with E-state index in [1.54, 1.807) is 6.07 Å². The second kappa shape index (κ2) is 6.69. The van der Waals surface area contributed by atoms with Crippen molar-refractivity contribution >= 4 is 11.0 Å². The number of benzene rings is 1. The summed E-state index contributed by atoms with van der Waals surface area (Å²) in [5.74, 6) is 0.946. The third kappa shape index (κ3) is 3.70. The van der Waals surface area contributed by atoms with Crippen LogP contribution in [0.25, 0.3) is 11.0 Å². The van der Waals surface area contributed by atoms with E-state index < -0.39 is 0 Å². The molecule has 4 rings (SSSR count). The highest BCUT2D eigenvalue weighted by molar-refractivity contribution is 5.80. The van der Waals surface area contributed by atoms with Crippen LogP contribution in [-0.4, -0.2) is 30.6 Å². The lowest BCUT2D eigenvalue weighted by molar-refractivity contribution is 0.190. The van der Waals surface area contributed by atoms with Gasteiger partial charge in [-0.25, -0.2) is 4.79 Å². The first kappa shape index (κ1) is 15.9. The van der Waals surface area contributed by atoms with E-state index in [2.05, 4.69) is 22.3 Å². The molecular weight excluding hydrogens is 300 g/mol. The van der Waals surface area contributed by atoms with Crippen molar-refractivity contribution < 1.29 is 4.42 Å². The summed E-state index contributed by atoms with van der Waals surface area (Å²) in [6.07, 6.45) is 5.22. The topological polar surface area (TPSA) is 45.5 Å². The standard InChI is InChI=1S/C20H26N2O2/c1-14-2-5-18-16(11-20(23)24-19(18)10-14)13-22-8-6-17(7-9-22)21-12-15-3-4-15/h2,5,10-11,15,17,21H,3-4,6-9,12-13H2,1H3. The lowest BCUT2D eigenvalue weighted by Gasteiger charge is -2.32. The highest BCUT2D eigenvalue weighted by atomic mass is 16.4. The Morgan fingerprint density at radius 1 is 1.17 bits per heavy atom. The molecule has 1 aliphatic heterocycles. The quantitative estimate of drug-likeness (QED) is 0.858. The maximum Gasteiger partial charge on any atom is 0.336 e. The molecule has 0 spiro atoms. The van der Waals surface area contributed by atoms with Gasteiger partial charge in [0.15, 0.2) is 0 Å². The molecule has 1 saturated carbocycles. The zero-order valence-electron chi connectivity index (χ0n) is 14.4. The highest BCUT2D eigenvalue weighted by Gasteiger charge is 2.24. The van der Waals surface area contributed by atoms with Crippen LogP contribution in [-0.2, 0) is 6.54 Å². The number of nitrogens with zero attached hydrogens (tertiary/aromatic N) is 1. The normalized spacial score (nSPS) is 19.9. The van der Waals surface area contributed by atoms with Crippen LogP contribution in [0.5, 0.6) is 0 Å². The zero-order chi connectivity index (χ0) is 16.5. The highest BCUT2D eigenvalue weighted by Crippen LogP contribution is 2.28. The summed E-state index contributed by atoms with van der Waals surface area (Å²) in [5, 5.41) is 4.79. The summed E-state index contributed by atoms with van der Waals surface area (Å²) in [5.41, 5.74) is 2.67. The van der Waals surface area contributed by atoms with Crippen molar-refractivity contribution in [2.75, 3.05) is 19.6 Å². The molecule has 2 aromatic rings. The molecule has 2 heterocycles. The molecule has 0 bridgehead atoms. The van der Waals surface area contributed by atoms with Crippen LogP contribution < -0.4 is 10.9 Å². The van der Waals surface area contributed by atoms with Gasteiger partial charge < -0.3 is 9.73 Å². The fourth-order valence-electron chi connectivity index (χ4n) is 3.66. The number of rotatable bonds is 5. The van der Waals surface area contributed by atoms with Crippen molar-refractivity contribution in [3.05, 3.63) is 45.8 Å². The van der Waals surface area contributed by atoms with Gasteiger partial charge in [-0.1, -0.05) is 12.1 Å². The van der Waals surface area contributed by atoms with Crippen molar-refractivity contribution in [3.8, 4) is 0 Å². The first-order valence-corrected chi connectivity index (χ1v) is 9.16. The van der Waals surface area contributed by atoms with Gasteiger partial charge in [-0.3, -0.25) is 4.90 Å². The van der Waals surface area contributed by atoms with Crippen LogP contribution in [0.1, 0.15) is 36.8 Å². The van der Waals surface area contributed by atoms with Crippen LogP contribution in [0.3, 0.4) is 0 Å². The van der Waals surface area contributed by atoms with Crippen molar-refractivity contribution in [3.63, 3.8) is 0 Å². The van der Waals surface area contributed by atoms with Gasteiger partial charge in [-0.15, -0.1) is 0 Å². The van der Waals surface area contributed by atoms with E-state index >= 15 is 0 Å². The maximum absolute atomic E-state index is 11.9. The summed E-state index contributed by atoms with van der Waals surface area (Å²) in [4.78, 5) is 14.3. The van der Waals surface area contributed by atoms with Crippen LogP contribution in [0.2, 0.25) is 0 Å². The maximum atomic E-state index is 11.9. The summed E-state index contributed by atoms with van der Waals surface area (Å²) in [6.45, 7) is 6.24. The molecule has 1 aliphatic carbocycles. The minimum absolute atomic E-state index is 0.246. The first-order chi connectivity index (χ1) is 11.7. The molecule has 2 fully saturated rings. The van der Waals surface area contributed by atoms with E-state index in [1.165, 1.54) is 32.2 Å². The smallest absolute Gasteiger partial charge is 0.336 e. The van der Waals surface area contributed by atoms with Gasteiger partial charge in [0.2, 0.25) is 0 Å². The van der Waals surface area contributed by atoms with Gasteiger partial charge in [-0.2, -0.15) is 0 Å². The summed E-state index contributed by atoms with van der Waals surface area (Å²) < 4.78 is 5.37. The molecule has 0 unspecified atom stereocenters. The Balaban J connectivity index is 1.42. The Labute approximate surface area is 142 Å². The molecule has 0 radical (unpaired) electrons. The Morgan fingerprint density at radius 3 is 2.71 bits per heavy atom. The summed E-state index contributed by atoms with van der Waals surface area (Å²) >= 11 is 0. The molecular formula is C20H26N2O2. The number of hydrogen-bond donors (Lipinski definition) is 1. The van der Waals surface area contributed by atoms with Crippen molar-refractivity contribution in [1.29, 1.82) is 0 Å². The van der Waals surface area contributed by atoms with E-state index in [0.717, 1.165) is 42.1 Å². The van der Waals surface area contributed by atoms with Gasteiger partial charge >= 0.3 is 5.63 Å². The second-order valence-electron chi connectivity index (χ2n) is 7.49. The van der Waals surface area contributed by atoms with E-state index in [4.69, 9.17) is 4.42 Å². The van der Waals surface area contributed by atoms with E-state index in [9.17, 15) is 4.79 Å². The van der Waals surface area contributed by atoms with E-state index in [0.29, 0.717) is 11.6 Å². The van der Waals surface area contributed by atoms with Crippen LogP contribution in [0.4, 0.5) is 0 Å². The number of piperidine rings is 1. The number of aryl methyl sites for hydroxylation is 1. The fourth-order valence-corrected chi connectivity index (χ4v) is 3.66. The predicted molar refractivity (Wildman–Crippen MR) is 96.2 cm³/mol.